The average molecular weight is 280 g/mol. The van der Waals surface area contributed by atoms with Crippen LogP contribution in [0.3, 0.4) is 0 Å². The molecule has 0 fully saturated rings. The molecule has 1 rings (SSSR count). The number of ether oxygens (including phenoxy) is 2. The van der Waals surface area contributed by atoms with Gasteiger partial charge in [-0.25, -0.2) is 0 Å². The SMILES string of the molecule is CCOCCN(CC)C(=O)c1cccc(N)c1OCC. The second kappa shape index (κ2) is 8.43. The monoisotopic (exact) mass is 280 g/mol. The summed E-state index contributed by atoms with van der Waals surface area (Å²) in [5, 5.41) is 0. The second-order valence-corrected chi connectivity index (χ2v) is 4.24. The molecule has 0 aromatic heterocycles. The number of carbonyl (C=O) groups excluding carboxylic acids is 1. The third-order valence-corrected chi connectivity index (χ3v) is 2.94. The summed E-state index contributed by atoms with van der Waals surface area (Å²) >= 11 is 0. The molecule has 5 nitrogen and oxygen atoms in total. The van der Waals surface area contributed by atoms with Crippen molar-refractivity contribution in [2.45, 2.75) is 20.8 Å². The van der Waals surface area contributed by atoms with E-state index < -0.39 is 0 Å². The van der Waals surface area contributed by atoms with E-state index in [4.69, 9.17) is 15.2 Å². The molecule has 0 heterocycles. The van der Waals surface area contributed by atoms with Crippen molar-refractivity contribution in [3.8, 4) is 5.75 Å². The number of amides is 1. The highest BCUT2D eigenvalue weighted by atomic mass is 16.5. The molecule has 1 aromatic carbocycles. The Morgan fingerprint density at radius 3 is 2.60 bits per heavy atom. The molecule has 20 heavy (non-hydrogen) atoms. The normalized spacial score (nSPS) is 10.3. The van der Waals surface area contributed by atoms with E-state index in [9.17, 15) is 4.79 Å². The molecule has 2 N–H and O–H groups in total. The number of hydrogen-bond donors (Lipinski definition) is 1. The molecule has 1 amide bonds. The van der Waals surface area contributed by atoms with Gasteiger partial charge in [-0.3, -0.25) is 4.79 Å². The predicted molar refractivity (Wildman–Crippen MR) is 80.1 cm³/mol. The largest absolute Gasteiger partial charge is 0.491 e. The van der Waals surface area contributed by atoms with Gasteiger partial charge in [-0.2, -0.15) is 0 Å². The fourth-order valence-corrected chi connectivity index (χ4v) is 1.92. The molecule has 5 heteroatoms. The van der Waals surface area contributed by atoms with Crippen molar-refractivity contribution >= 4 is 11.6 Å². The lowest BCUT2D eigenvalue weighted by molar-refractivity contribution is 0.0665. The summed E-state index contributed by atoms with van der Waals surface area (Å²) in [5.74, 6) is 0.387. The maximum atomic E-state index is 12.6. The third kappa shape index (κ3) is 4.13. The summed E-state index contributed by atoms with van der Waals surface area (Å²) in [7, 11) is 0. The van der Waals surface area contributed by atoms with Gasteiger partial charge in [0, 0.05) is 19.7 Å². The zero-order valence-corrected chi connectivity index (χ0v) is 12.5. The Morgan fingerprint density at radius 1 is 1.25 bits per heavy atom. The summed E-state index contributed by atoms with van der Waals surface area (Å²) in [6, 6.07) is 5.24. The highest BCUT2D eigenvalue weighted by Gasteiger charge is 2.19. The van der Waals surface area contributed by atoms with Gasteiger partial charge >= 0.3 is 0 Å². The van der Waals surface area contributed by atoms with Crippen LogP contribution in [0.5, 0.6) is 5.75 Å². The van der Waals surface area contributed by atoms with Crippen molar-refractivity contribution in [3.63, 3.8) is 0 Å². The molecule has 0 aliphatic rings. The van der Waals surface area contributed by atoms with Crippen LogP contribution in [-0.4, -0.2) is 43.7 Å². The number of benzene rings is 1. The molecule has 0 atom stereocenters. The maximum absolute atomic E-state index is 12.6. The summed E-state index contributed by atoms with van der Waals surface area (Å²) in [5.41, 5.74) is 6.88. The van der Waals surface area contributed by atoms with Gasteiger partial charge in [0.05, 0.1) is 24.5 Å². The summed E-state index contributed by atoms with van der Waals surface area (Å²) < 4.78 is 10.8. The Labute approximate surface area is 120 Å². The molecule has 0 aliphatic heterocycles. The molecule has 0 spiro atoms. The Kier molecular flexibility index (Phi) is 6.87. The van der Waals surface area contributed by atoms with E-state index in [0.29, 0.717) is 49.9 Å². The standard InChI is InChI=1S/C15H24N2O3/c1-4-17(10-11-19-5-2)15(18)12-8-7-9-13(16)14(12)20-6-3/h7-9H,4-6,10-11,16H2,1-3H3. The topological polar surface area (TPSA) is 64.8 Å². The summed E-state index contributed by atoms with van der Waals surface area (Å²) in [4.78, 5) is 14.3. The molecule has 0 saturated heterocycles. The number of anilines is 1. The smallest absolute Gasteiger partial charge is 0.257 e. The predicted octanol–water partition coefficient (Wildman–Crippen LogP) is 2.17. The van der Waals surface area contributed by atoms with Crippen molar-refractivity contribution in [2.75, 3.05) is 38.6 Å². The highest BCUT2D eigenvalue weighted by Crippen LogP contribution is 2.27. The van der Waals surface area contributed by atoms with Crippen molar-refractivity contribution in [3.05, 3.63) is 23.8 Å². The van der Waals surface area contributed by atoms with Crippen LogP contribution < -0.4 is 10.5 Å². The van der Waals surface area contributed by atoms with Crippen molar-refractivity contribution in [1.82, 2.24) is 4.90 Å². The van der Waals surface area contributed by atoms with Gasteiger partial charge in [0.2, 0.25) is 0 Å². The Morgan fingerprint density at radius 2 is 2.00 bits per heavy atom. The number of nitrogens with zero attached hydrogens (tertiary/aromatic N) is 1. The number of nitrogen functional groups attached to an aromatic ring is 1. The van der Waals surface area contributed by atoms with Gasteiger partial charge in [0.25, 0.3) is 5.91 Å². The number of carbonyl (C=O) groups is 1. The van der Waals surface area contributed by atoms with Crippen LogP contribution in [-0.2, 0) is 4.74 Å². The summed E-state index contributed by atoms with van der Waals surface area (Å²) in [6.45, 7) is 8.57. The lowest BCUT2D eigenvalue weighted by atomic mass is 10.1. The lowest BCUT2D eigenvalue weighted by Gasteiger charge is -2.22. The van der Waals surface area contributed by atoms with E-state index in [2.05, 4.69) is 0 Å². The van der Waals surface area contributed by atoms with Crippen molar-refractivity contribution in [1.29, 1.82) is 0 Å². The molecule has 112 valence electrons. The van der Waals surface area contributed by atoms with Crippen LogP contribution in [0.4, 0.5) is 5.69 Å². The molecule has 1 aromatic rings. The Hall–Kier alpha value is -1.75. The minimum Gasteiger partial charge on any atom is -0.491 e. The Bertz CT molecular complexity index is 435. The molecular formula is C15H24N2O3. The van der Waals surface area contributed by atoms with Crippen molar-refractivity contribution in [2.24, 2.45) is 0 Å². The number of nitrogens with two attached hydrogens (primary N) is 1. The maximum Gasteiger partial charge on any atom is 0.257 e. The van der Waals surface area contributed by atoms with Crippen molar-refractivity contribution < 1.29 is 14.3 Å². The van der Waals surface area contributed by atoms with Crippen LogP contribution in [0.15, 0.2) is 18.2 Å². The van der Waals surface area contributed by atoms with E-state index in [1.807, 2.05) is 20.8 Å². The van der Waals surface area contributed by atoms with Gasteiger partial charge in [-0.15, -0.1) is 0 Å². The highest BCUT2D eigenvalue weighted by molar-refractivity contribution is 5.98. The van der Waals surface area contributed by atoms with Gasteiger partial charge in [-0.05, 0) is 32.9 Å². The van der Waals surface area contributed by atoms with Gasteiger partial charge in [0.1, 0.15) is 0 Å². The minimum atomic E-state index is -0.0806. The second-order valence-electron chi connectivity index (χ2n) is 4.24. The fraction of sp³-hybridized carbons (Fsp3) is 0.533. The first-order valence-corrected chi connectivity index (χ1v) is 7.03. The molecule has 0 unspecified atom stereocenters. The van der Waals surface area contributed by atoms with Crippen LogP contribution in [0.25, 0.3) is 0 Å². The molecule has 0 aliphatic carbocycles. The first-order chi connectivity index (χ1) is 9.65. The van der Waals surface area contributed by atoms with E-state index in [0.717, 1.165) is 0 Å². The van der Waals surface area contributed by atoms with E-state index in [1.54, 1.807) is 23.1 Å². The molecule has 0 radical (unpaired) electrons. The van der Waals surface area contributed by atoms with Crippen LogP contribution in [0.2, 0.25) is 0 Å². The number of rotatable bonds is 8. The molecular weight excluding hydrogens is 256 g/mol. The summed E-state index contributed by atoms with van der Waals surface area (Å²) in [6.07, 6.45) is 0. The van der Waals surface area contributed by atoms with Crippen LogP contribution in [0, 0.1) is 0 Å². The van der Waals surface area contributed by atoms with Gasteiger partial charge < -0.3 is 20.1 Å². The minimum absolute atomic E-state index is 0.0806. The first-order valence-electron chi connectivity index (χ1n) is 7.03. The quantitative estimate of drug-likeness (QED) is 0.585. The molecule has 0 saturated carbocycles. The zero-order valence-electron chi connectivity index (χ0n) is 12.5. The lowest BCUT2D eigenvalue weighted by Crippen LogP contribution is -2.34. The third-order valence-electron chi connectivity index (χ3n) is 2.94. The van der Waals surface area contributed by atoms with E-state index >= 15 is 0 Å². The van der Waals surface area contributed by atoms with E-state index in [1.165, 1.54) is 0 Å². The fourth-order valence-electron chi connectivity index (χ4n) is 1.92. The average Bonchev–Trinajstić information content (AvgIpc) is 2.45. The van der Waals surface area contributed by atoms with E-state index in [-0.39, 0.29) is 5.91 Å². The number of para-hydroxylation sites is 1. The van der Waals surface area contributed by atoms with Gasteiger partial charge in [0.15, 0.2) is 5.75 Å². The first kappa shape index (κ1) is 16.3. The Balaban J connectivity index is 2.91. The van der Waals surface area contributed by atoms with Crippen LogP contribution >= 0.6 is 0 Å². The van der Waals surface area contributed by atoms with Crippen LogP contribution in [0.1, 0.15) is 31.1 Å². The zero-order chi connectivity index (χ0) is 15.0. The molecule has 0 bridgehead atoms. The van der Waals surface area contributed by atoms with Gasteiger partial charge in [-0.1, -0.05) is 6.07 Å². The number of likely N-dealkylation sites (N-methyl/N-ethyl adjacent to an activating group) is 1. The number of hydrogen-bond acceptors (Lipinski definition) is 4.